The van der Waals surface area contributed by atoms with Gasteiger partial charge in [-0.05, 0) is 32.2 Å². The van der Waals surface area contributed by atoms with E-state index in [1.54, 1.807) is 18.3 Å². The molecule has 4 nitrogen and oxygen atoms in total. The molecule has 0 bridgehead atoms. The lowest BCUT2D eigenvalue weighted by Gasteiger charge is -2.13. The summed E-state index contributed by atoms with van der Waals surface area (Å²) >= 11 is 0. The van der Waals surface area contributed by atoms with Crippen molar-refractivity contribution < 1.29 is 9.90 Å². The first kappa shape index (κ1) is 12.2. The zero-order valence-electron chi connectivity index (χ0n) is 8.40. The van der Waals surface area contributed by atoms with E-state index >= 15 is 0 Å². The number of carboxylic acids is 1. The van der Waals surface area contributed by atoms with Gasteiger partial charge in [-0.1, -0.05) is 0 Å². The Morgan fingerprint density at radius 3 is 2.43 bits per heavy atom. The molecule has 4 heteroatoms. The maximum absolute atomic E-state index is 10.4. The first-order chi connectivity index (χ1) is 6.65. The highest BCUT2D eigenvalue weighted by atomic mass is 16.4. The van der Waals surface area contributed by atoms with Crippen LogP contribution in [0.4, 0.5) is 0 Å². The van der Waals surface area contributed by atoms with Gasteiger partial charge in [-0.25, -0.2) is 4.79 Å². The molecule has 0 rings (SSSR count). The van der Waals surface area contributed by atoms with Gasteiger partial charge in [0.1, 0.15) is 11.6 Å². The Morgan fingerprint density at radius 1 is 1.50 bits per heavy atom. The largest absolute Gasteiger partial charge is 0.477 e. The average molecular weight is 194 g/mol. The SMILES string of the molecule is CCN(C=CC=C(C#N)C(=O)O)CC. The normalized spacial score (nSPS) is 11.4. The fourth-order valence-corrected chi connectivity index (χ4v) is 0.852. The molecule has 0 aromatic heterocycles. The Bertz CT molecular complexity index is 283. The zero-order valence-corrected chi connectivity index (χ0v) is 8.40. The van der Waals surface area contributed by atoms with Crippen LogP contribution < -0.4 is 0 Å². The summed E-state index contributed by atoms with van der Waals surface area (Å²) in [6.07, 6.45) is 4.63. The van der Waals surface area contributed by atoms with Gasteiger partial charge in [-0.3, -0.25) is 0 Å². The van der Waals surface area contributed by atoms with Crippen LogP contribution in [0.5, 0.6) is 0 Å². The van der Waals surface area contributed by atoms with Gasteiger partial charge >= 0.3 is 5.97 Å². The van der Waals surface area contributed by atoms with E-state index in [0.717, 1.165) is 13.1 Å². The summed E-state index contributed by atoms with van der Waals surface area (Å²) in [5, 5.41) is 16.9. The number of carbonyl (C=O) groups is 1. The van der Waals surface area contributed by atoms with Crippen LogP contribution in [0.3, 0.4) is 0 Å². The maximum Gasteiger partial charge on any atom is 0.346 e. The Hall–Kier alpha value is -1.76. The number of aliphatic carboxylic acids is 1. The molecule has 0 saturated heterocycles. The van der Waals surface area contributed by atoms with E-state index in [1.165, 1.54) is 6.08 Å². The van der Waals surface area contributed by atoms with Gasteiger partial charge in [-0.2, -0.15) is 5.26 Å². The van der Waals surface area contributed by atoms with Gasteiger partial charge in [0.2, 0.25) is 0 Å². The summed E-state index contributed by atoms with van der Waals surface area (Å²) in [7, 11) is 0. The van der Waals surface area contributed by atoms with Gasteiger partial charge in [0, 0.05) is 13.1 Å². The minimum Gasteiger partial charge on any atom is -0.477 e. The van der Waals surface area contributed by atoms with Gasteiger partial charge in [-0.15, -0.1) is 0 Å². The van der Waals surface area contributed by atoms with Crippen molar-refractivity contribution in [3.8, 4) is 6.07 Å². The van der Waals surface area contributed by atoms with E-state index in [0.29, 0.717) is 0 Å². The summed E-state index contributed by atoms with van der Waals surface area (Å²) in [5.41, 5.74) is -0.256. The topological polar surface area (TPSA) is 64.3 Å². The molecule has 0 fully saturated rings. The molecular weight excluding hydrogens is 180 g/mol. The van der Waals surface area contributed by atoms with Crippen molar-refractivity contribution in [3.63, 3.8) is 0 Å². The average Bonchev–Trinajstić information content (AvgIpc) is 2.18. The second-order valence-electron chi connectivity index (χ2n) is 2.56. The van der Waals surface area contributed by atoms with E-state index in [4.69, 9.17) is 10.4 Å². The number of hydrogen-bond donors (Lipinski definition) is 1. The molecule has 1 N–H and O–H groups in total. The lowest BCUT2D eigenvalue weighted by Crippen LogP contribution is -2.14. The third-order valence-corrected chi connectivity index (χ3v) is 1.72. The molecule has 0 heterocycles. The van der Waals surface area contributed by atoms with E-state index in [2.05, 4.69) is 0 Å². The van der Waals surface area contributed by atoms with E-state index in [9.17, 15) is 4.79 Å². The molecule has 0 spiro atoms. The third kappa shape index (κ3) is 4.31. The van der Waals surface area contributed by atoms with Crippen molar-refractivity contribution in [1.29, 1.82) is 5.26 Å². The van der Waals surface area contributed by atoms with Crippen molar-refractivity contribution in [3.05, 3.63) is 23.9 Å². The molecular formula is C10H14N2O2. The molecule has 0 aliphatic carbocycles. The molecule has 0 atom stereocenters. The Morgan fingerprint density at radius 2 is 2.07 bits per heavy atom. The summed E-state index contributed by atoms with van der Waals surface area (Å²) in [4.78, 5) is 12.4. The lowest BCUT2D eigenvalue weighted by atomic mass is 10.3. The number of rotatable bonds is 5. The van der Waals surface area contributed by atoms with Gasteiger partial charge in [0.15, 0.2) is 0 Å². The van der Waals surface area contributed by atoms with Crippen LogP contribution in [-0.2, 0) is 4.79 Å². The summed E-state index contributed by atoms with van der Waals surface area (Å²) in [5.74, 6) is -1.20. The molecule has 0 radical (unpaired) electrons. The summed E-state index contributed by atoms with van der Waals surface area (Å²) in [6, 6.07) is 1.60. The fraction of sp³-hybridized carbons (Fsp3) is 0.400. The van der Waals surface area contributed by atoms with Crippen molar-refractivity contribution in [2.45, 2.75) is 13.8 Å². The fourth-order valence-electron chi connectivity index (χ4n) is 0.852. The molecule has 0 aliphatic heterocycles. The predicted molar refractivity (Wildman–Crippen MR) is 53.4 cm³/mol. The molecule has 0 aliphatic rings. The van der Waals surface area contributed by atoms with Crippen molar-refractivity contribution in [2.75, 3.05) is 13.1 Å². The van der Waals surface area contributed by atoms with Crippen LogP contribution in [0.15, 0.2) is 23.9 Å². The molecule has 0 unspecified atom stereocenters. The number of carboxylic acid groups (broad SMARTS) is 1. The molecule has 0 aromatic rings. The monoisotopic (exact) mass is 194 g/mol. The van der Waals surface area contributed by atoms with Crippen LogP contribution in [0, 0.1) is 11.3 Å². The third-order valence-electron chi connectivity index (χ3n) is 1.72. The minimum atomic E-state index is -1.20. The Balaban J connectivity index is 4.39. The first-order valence-corrected chi connectivity index (χ1v) is 4.41. The van der Waals surface area contributed by atoms with E-state index < -0.39 is 5.97 Å². The molecule has 0 amide bonds. The van der Waals surface area contributed by atoms with Crippen LogP contribution in [0.2, 0.25) is 0 Å². The van der Waals surface area contributed by atoms with Crippen LogP contribution >= 0.6 is 0 Å². The van der Waals surface area contributed by atoms with Gasteiger partial charge in [0.05, 0.1) is 0 Å². The van der Waals surface area contributed by atoms with Crippen molar-refractivity contribution >= 4 is 5.97 Å². The molecule has 0 aromatic carbocycles. The van der Waals surface area contributed by atoms with Gasteiger partial charge < -0.3 is 10.0 Å². The Kier molecular flexibility index (Phi) is 5.88. The molecule has 76 valence electrons. The molecule has 14 heavy (non-hydrogen) atoms. The maximum atomic E-state index is 10.4. The van der Waals surface area contributed by atoms with Crippen molar-refractivity contribution in [1.82, 2.24) is 4.90 Å². The quantitative estimate of drug-likeness (QED) is 0.408. The highest BCUT2D eigenvalue weighted by Crippen LogP contribution is 1.94. The summed E-state index contributed by atoms with van der Waals surface area (Å²) < 4.78 is 0. The number of nitrogens with zero attached hydrogens (tertiary/aromatic N) is 2. The zero-order chi connectivity index (χ0) is 11.0. The summed E-state index contributed by atoms with van der Waals surface area (Å²) in [6.45, 7) is 5.71. The number of nitriles is 1. The lowest BCUT2D eigenvalue weighted by molar-refractivity contribution is -0.132. The standard InChI is InChI=1S/C10H14N2O2/c1-3-12(4-2)7-5-6-9(8-11)10(13)14/h5-7H,3-4H2,1-2H3,(H,13,14). The van der Waals surface area contributed by atoms with Gasteiger partial charge in [0.25, 0.3) is 0 Å². The minimum absolute atomic E-state index is 0.256. The van der Waals surface area contributed by atoms with Crippen LogP contribution in [0.1, 0.15) is 13.8 Å². The highest BCUT2D eigenvalue weighted by Gasteiger charge is 2.02. The highest BCUT2D eigenvalue weighted by molar-refractivity contribution is 5.91. The number of hydrogen-bond acceptors (Lipinski definition) is 3. The molecule has 0 saturated carbocycles. The van der Waals surface area contributed by atoms with E-state index in [1.807, 2.05) is 18.7 Å². The second kappa shape index (κ2) is 6.72. The number of allylic oxidation sites excluding steroid dienone is 2. The first-order valence-electron chi connectivity index (χ1n) is 4.41. The Labute approximate surface area is 83.8 Å². The predicted octanol–water partition coefficient (Wildman–Crippen LogP) is 1.38. The van der Waals surface area contributed by atoms with Crippen molar-refractivity contribution in [2.24, 2.45) is 0 Å². The van der Waals surface area contributed by atoms with Crippen LogP contribution in [0.25, 0.3) is 0 Å². The van der Waals surface area contributed by atoms with E-state index in [-0.39, 0.29) is 5.57 Å². The second-order valence-corrected chi connectivity index (χ2v) is 2.56. The van der Waals surface area contributed by atoms with Crippen LogP contribution in [-0.4, -0.2) is 29.1 Å². The smallest absolute Gasteiger partial charge is 0.346 e.